The third-order valence-electron chi connectivity index (χ3n) is 2.22. The standard InChI is InChI=1S/C12H18N2O2S/c1-4-17-7-9(3)14-11-10(12(15)16)6-5-8(2)13-11/h5-6,9H,4,7H2,1-3H3,(H,13,14)(H,15,16). The van der Waals surface area contributed by atoms with Crippen molar-refractivity contribution in [1.82, 2.24) is 4.98 Å². The number of rotatable bonds is 6. The third-order valence-corrected chi connectivity index (χ3v) is 3.36. The highest BCUT2D eigenvalue weighted by molar-refractivity contribution is 7.99. The van der Waals surface area contributed by atoms with Gasteiger partial charge in [-0.15, -0.1) is 0 Å². The van der Waals surface area contributed by atoms with Crippen LogP contribution in [-0.4, -0.2) is 33.6 Å². The molecule has 1 aromatic rings. The van der Waals surface area contributed by atoms with E-state index in [2.05, 4.69) is 17.2 Å². The highest BCUT2D eigenvalue weighted by Gasteiger charge is 2.13. The molecule has 1 atom stereocenters. The third kappa shape index (κ3) is 4.26. The number of hydrogen-bond acceptors (Lipinski definition) is 4. The molecule has 0 spiro atoms. The number of carboxylic acid groups (broad SMARTS) is 1. The molecule has 1 unspecified atom stereocenters. The van der Waals surface area contributed by atoms with Gasteiger partial charge in [0, 0.05) is 17.5 Å². The van der Waals surface area contributed by atoms with E-state index in [-0.39, 0.29) is 11.6 Å². The quantitative estimate of drug-likeness (QED) is 0.817. The Bertz CT molecular complexity index is 396. The van der Waals surface area contributed by atoms with Gasteiger partial charge in [0.25, 0.3) is 0 Å². The van der Waals surface area contributed by atoms with Gasteiger partial charge in [-0.25, -0.2) is 9.78 Å². The monoisotopic (exact) mass is 254 g/mol. The van der Waals surface area contributed by atoms with Gasteiger partial charge in [0.2, 0.25) is 0 Å². The molecule has 94 valence electrons. The van der Waals surface area contributed by atoms with Crippen LogP contribution in [0.4, 0.5) is 5.82 Å². The minimum Gasteiger partial charge on any atom is -0.478 e. The molecule has 0 amide bonds. The van der Waals surface area contributed by atoms with E-state index in [1.54, 1.807) is 12.1 Å². The van der Waals surface area contributed by atoms with Gasteiger partial charge in [-0.3, -0.25) is 0 Å². The fourth-order valence-corrected chi connectivity index (χ4v) is 2.08. The minimum atomic E-state index is -0.949. The summed E-state index contributed by atoms with van der Waals surface area (Å²) in [5.41, 5.74) is 1.04. The summed E-state index contributed by atoms with van der Waals surface area (Å²) in [5, 5.41) is 12.2. The van der Waals surface area contributed by atoms with Crippen LogP contribution in [0.25, 0.3) is 0 Å². The maximum Gasteiger partial charge on any atom is 0.339 e. The van der Waals surface area contributed by atoms with Crippen molar-refractivity contribution in [2.45, 2.75) is 26.8 Å². The Morgan fingerprint density at radius 2 is 2.29 bits per heavy atom. The number of carboxylic acids is 1. The molecule has 0 aliphatic heterocycles. The van der Waals surface area contributed by atoms with Gasteiger partial charge in [0.05, 0.1) is 0 Å². The van der Waals surface area contributed by atoms with E-state index >= 15 is 0 Å². The van der Waals surface area contributed by atoms with Crippen molar-refractivity contribution < 1.29 is 9.90 Å². The normalized spacial score (nSPS) is 12.2. The molecule has 0 aliphatic rings. The van der Waals surface area contributed by atoms with Crippen LogP contribution in [0.3, 0.4) is 0 Å². The van der Waals surface area contributed by atoms with Crippen LogP contribution in [-0.2, 0) is 0 Å². The van der Waals surface area contributed by atoms with Crippen molar-refractivity contribution in [2.24, 2.45) is 0 Å². The summed E-state index contributed by atoms with van der Waals surface area (Å²) in [6, 6.07) is 3.50. The van der Waals surface area contributed by atoms with Crippen molar-refractivity contribution in [2.75, 3.05) is 16.8 Å². The molecule has 1 rings (SSSR count). The summed E-state index contributed by atoms with van der Waals surface area (Å²) in [7, 11) is 0. The molecule has 1 aromatic heterocycles. The number of aryl methyl sites for hydroxylation is 1. The molecule has 0 radical (unpaired) electrons. The van der Waals surface area contributed by atoms with Crippen molar-refractivity contribution in [3.05, 3.63) is 23.4 Å². The average molecular weight is 254 g/mol. The average Bonchev–Trinajstić information content (AvgIpc) is 2.26. The zero-order valence-electron chi connectivity index (χ0n) is 10.4. The highest BCUT2D eigenvalue weighted by Crippen LogP contribution is 2.15. The molecule has 17 heavy (non-hydrogen) atoms. The van der Waals surface area contributed by atoms with Gasteiger partial charge in [-0.05, 0) is 31.7 Å². The number of nitrogens with one attached hydrogen (secondary N) is 1. The number of aromatic carboxylic acids is 1. The van der Waals surface area contributed by atoms with E-state index < -0.39 is 5.97 Å². The number of hydrogen-bond donors (Lipinski definition) is 2. The molecule has 0 fully saturated rings. The fourth-order valence-electron chi connectivity index (χ4n) is 1.41. The molecule has 0 bridgehead atoms. The first-order valence-electron chi connectivity index (χ1n) is 5.59. The van der Waals surface area contributed by atoms with Crippen LogP contribution in [0.15, 0.2) is 12.1 Å². The summed E-state index contributed by atoms with van der Waals surface area (Å²) < 4.78 is 0. The van der Waals surface area contributed by atoms with Crippen molar-refractivity contribution in [3.8, 4) is 0 Å². The predicted molar refractivity (Wildman–Crippen MR) is 72.0 cm³/mol. The van der Waals surface area contributed by atoms with Gasteiger partial charge in [-0.1, -0.05) is 6.92 Å². The van der Waals surface area contributed by atoms with Crippen LogP contribution in [0, 0.1) is 6.92 Å². The first-order chi connectivity index (χ1) is 8.04. The van der Waals surface area contributed by atoms with Gasteiger partial charge in [0.1, 0.15) is 11.4 Å². The second-order valence-electron chi connectivity index (χ2n) is 3.86. The van der Waals surface area contributed by atoms with E-state index in [1.807, 2.05) is 25.6 Å². The lowest BCUT2D eigenvalue weighted by Gasteiger charge is -2.15. The largest absolute Gasteiger partial charge is 0.478 e. The Balaban J connectivity index is 2.81. The maximum absolute atomic E-state index is 11.0. The first-order valence-corrected chi connectivity index (χ1v) is 6.75. The summed E-state index contributed by atoms with van der Waals surface area (Å²) in [6.07, 6.45) is 0. The van der Waals surface area contributed by atoms with Gasteiger partial charge < -0.3 is 10.4 Å². The molecule has 1 heterocycles. The lowest BCUT2D eigenvalue weighted by Crippen LogP contribution is -2.21. The zero-order chi connectivity index (χ0) is 12.8. The lowest BCUT2D eigenvalue weighted by molar-refractivity contribution is 0.0697. The summed E-state index contributed by atoms with van der Waals surface area (Å²) >= 11 is 1.82. The number of nitrogens with zero attached hydrogens (tertiary/aromatic N) is 1. The van der Waals surface area contributed by atoms with E-state index in [4.69, 9.17) is 5.11 Å². The van der Waals surface area contributed by atoms with Crippen LogP contribution < -0.4 is 5.32 Å². The van der Waals surface area contributed by atoms with Crippen molar-refractivity contribution in [1.29, 1.82) is 0 Å². The Kier molecular flexibility index (Phi) is 5.28. The first kappa shape index (κ1) is 13.8. The highest BCUT2D eigenvalue weighted by atomic mass is 32.2. The number of pyridine rings is 1. The molecule has 0 saturated heterocycles. The predicted octanol–water partition coefficient (Wildman–Crippen LogP) is 2.64. The van der Waals surface area contributed by atoms with E-state index in [9.17, 15) is 4.79 Å². The fraction of sp³-hybridized carbons (Fsp3) is 0.500. The van der Waals surface area contributed by atoms with Crippen molar-refractivity contribution in [3.63, 3.8) is 0 Å². The Morgan fingerprint density at radius 1 is 1.59 bits per heavy atom. The van der Waals surface area contributed by atoms with E-state index in [0.29, 0.717) is 5.82 Å². The van der Waals surface area contributed by atoms with Crippen LogP contribution in [0.5, 0.6) is 0 Å². The second-order valence-corrected chi connectivity index (χ2v) is 5.18. The Labute approximate surface area is 106 Å². The molecule has 0 aromatic carbocycles. The van der Waals surface area contributed by atoms with Gasteiger partial charge >= 0.3 is 5.97 Å². The summed E-state index contributed by atoms with van der Waals surface area (Å²) in [6.45, 7) is 5.98. The number of aromatic nitrogens is 1. The van der Waals surface area contributed by atoms with Crippen LogP contribution in [0.2, 0.25) is 0 Å². The Morgan fingerprint density at radius 3 is 2.88 bits per heavy atom. The molecule has 0 aliphatic carbocycles. The van der Waals surface area contributed by atoms with Gasteiger partial charge in [0.15, 0.2) is 0 Å². The smallest absolute Gasteiger partial charge is 0.339 e. The molecule has 0 saturated carbocycles. The molecular weight excluding hydrogens is 236 g/mol. The molecule has 4 nitrogen and oxygen atoms in total. The van der Waals surface area contributed by atoms with Crippen molar-refractivity contribution >= 4 is 23.5 Å². The van der Waals surface area contributed by atoms with Crippen LogP contribution >= 0.6 is 11.8 Å². The molecule has 2 N–H and O–H groups in total. The van der Waals surface area contributed by atoms with E-state index in [0.717, 1.165) is 17.2 Å². The number of anilines is 1. The van der Waals surface area contributed by atoms with E-state index in [1.165, 1.54) is 0 Å². The number of carbonyl (C=O) groups is 1. The van der Waals surface area contributed by atoms with Gasteiger partial charge in [-0.2, -0.15) is 11.8 Å². The SMILES string of the molecule is CCSCC(C)Nc1nc(C)ccc1C(=O)O. The lowest BCUT2D eigenvalue weighted by atomic mass is 10.2. The number of thioether (sulfide) groups is 1. The Hall–Kier alpha value is -1.23. The second kappa shape index (κ2) is 6.49. The topological polar surface area (TPSA) is 62.2 Å². The minimum absolute atomic E-state index is 0.201. The molecule has 5 heteroatoms. The van der Waals surface area contributed by atoms with Crippen LogP contribution in [0.1, 0.15) is 29.9 Å². The zero-order valence-corrected chi connectivity index (χ0v) is 11.2. The summed E-state index contributed by atoms with van der Waals surface area (Å²) in [4.78, 5) is 15.3. The summed E-state index contributed by atoms with van der Waals surface area (Å²) in [5.74, 6) is 1.50. The maximum atomic E-state index is 11.0. The molecular formula is C12H18N2O2S.